The van der Waals surface area contributed by atoms with Crippen molar-refractivity contribution in [1.29, 1.82) is 0 Å². The molecule has 0 bridgehead atoms. The van der Waals surface area contributed by atoms with Crippen LogP contribution in [0.2, 0.25) is 0 Å². The molecular weight excluding hydrogens is 282 g/mol. The van der Waals surface area contributed by atoms with E-state index < -0.39 is 0 Å². The van der Waals surface area contributed by atoms with Gasteiger partial charge in [-0.3, -0.25) is 4.79 Å². The average molecular weight is 301 g/mol. The normalized spacial score (nSPS) is 13.9. The fraction of sp³-hybridized carbons (Fsp3) is 0.438. The highest BCUT2D eigenvalue weighted by atomic mass is 16.5. The van der Waals surface area contributed by atoms with E-state index in [4.69, 9.17) is 9.26 Å². The number of carbonyl (C=O) groups is 1. The number of hydrogen-bond donors (Lipinski definition) is 0. The van der Waals surface area contributed by atoms with E-state index in [9.17, 15) is 4.79 Å². The summed E-state index contributed by atoms with van der Waals surface area (Å²) < 4.78 is 10.8. The summed E-state index contributed by atoms with van der Waals surface area (Å²) >= 11 is 0. The Morgan fingerprint density at radius 2 is 2.27 bits per heavy atom. The maximum absolute atomic E-state index is 12.1. The van der Waals surface area contributed by atoms with Gasteiger partial charge in [0, 0.05) is 25.1 Å². The number of benzene rings is 1. The van der Waals surface area contributed by atoms with Crippen LogP contribution in [0.5, 0.6) is 5.75 Å². The maximum atomic E-state index is 12.1. The van der Waals surface area contributed by atoms with E-state index in [-0.39, 0.29) is 12.5 Å². The highest BCUT2D eigenvalue weighted by Crippen LogP contribution is 2.38. The molecule has 22 heavy (non-hydrogen) atoms. The standard InChI is InChI=1S/C16H19N3O3/c1-3-19(2)16(20)12-5-4-6-13(9-12)21-10-14-17-15(22-18-14)11-7-8-11/h4-6,9,11H,3,7-8,10H2,1-2H3. The summed E-state index contributed by atoms with van der Waals surface area (Å²) in [7, 11) is 1.77. The van der Waals surface area contributed by atoms with Crippen molar-refractivity contribution in [3.05, 3.63) is 41.5 Å². The Morgan fingerprint density at radius 1 is 1.45 bits per heavy atom. The third-order valence-electron chi connectivity index (χ3n) is 3.68. The van der Waals surface area contributed by atoms with Gasteiger partial charge in [-0.05, 0) is 38.0 Å². The minimum atomic E-state index is -0.0245. The van der Waals surface area contributed by atoms with Gasteiger partial charge in [0.25, 0.3) is 5.91 Å². The lowest BCUT2D eigenvalue weighted by atomic mass is 10.2. The summed E-state index contributed by atoms with van der Waals surface area (Å²) in [5, 5.41) is 3.91. The van der Waals surface area contributed by atoms with E-state index in [2.05, 4.69) is 10.1 Å². The Labute approximate surface area is 129 Å². The molecule has 1 aromatic carbocycles. The van der Waals surface area contributed by atoms with E-state index >= 15 is 0 Å². The molecule has 0 aliphatic heterocycles. The van der Waals surface area contributed by atoms with Gasteiger partial charge in [-0.15, -0.1) is 0 Å². The predicted molar refractivity (Wildman–Crippen MR) is 79.7 cm³/mol. The van der Waals surface area contributed by atoms with E-state index in [0.717, 1.165) is 12.8 Å². The third kappa shape index (κ3) is 3.27. The quantitative estimate of drug-likeness (QED) is 0.820. The van der Waals surface area contributed by atoms with Gasteiger partial charge in [-0.1, -0.05) is 11.2 Å². The molecule has 0 N–H and O–H groups in total. The molecule has 1 amide bonds. The minimum absolute atomic E-state index is 0.0245. The number of carbonyl (C=O) groups excluding carboxylic acids is 1. The minimum Gasteiger partial charge on any atom is -0.485 e. The molecule has 2 aromatic rings. The van der Waals surface area contributed by atoms with Crippen molar-refractivity contribution in [2.75, 3.05) is 13.6 Å². The van der Waals surface area contributed by atoms with Crippen LogP contribution in [-0.2, 0) is 6.61 Å². The van der Waals surface area contributed by atoms with E-state index in [1.54, 1.807) is 30.1 Å². The molecule has 1 saturated carbocycles. The van der Waals surface area contributed by atoms with Crippen molar-refractivity contribution in [3.63, 3.8) is 0 Å². The molecule has 1 aliphatic carbocycles. The molecule has 1 aliphatic rings. The molecule has 0 atom stereocenters. The number of amides is 1. The monoisotopic (exact) mass is 301 g/mol. The largest absolute Gasteiger partial charge is 0.485 e. The molecule has 3 rings (SSSR count). The Hall–Kier alpha value is -2.37. The van der Waals surface area contributed by atoms with E-state index in [1.165, 1.54) is 0 Å². The molecule has 116 valence electrons. The number of nitrogens with zero attached hydrogens (tertiary/aromatic N) is 3. The van der Waals surface area contributed by atoms with E-state index in [1.807, 2.05) is 13.0 Å². The SMILES string of the molecule is CCN(C)C(=O)c1cccc(OCc2noc(C3CC3)n2)c1. The second-order valence-electron chi connectivity index (χ2n) is 5.46. The molecule has 6 heteroatoms. The number of hydrogen-bond acceptors (Lipinski definition) is 5. The van der Waals surface area contributed by atoms with Gasteiger partial charge in [0.05, 0.1) is 0 Å². The molecule has 1 aromatic heterocycles. The molecule has 0 radical (unpaired) electrons. The third-order valence-corrected chi connectivity index (χ3v) is 3.68. The van der Waals surface area contributed by atoms with Crippen molar-refractivity contribution >= 4 is 5.91 Å². The van der Waals surface area contributed by atoms with Crippen molar-refractivity contribution < 1.29 is 14.1 Å². The number of aromatic nitrogens is 2. The molecular formula is C16H19N3O3. The van der Waals surface area contributed by atoms with Crippen molar-refractivity contribution in [3.8, 4) is 5.75 Å². The lowest BCUT2D eigenvalue weighted by Crippen LogP contribution is -2.26. The number of ether oxygens (including phenoxy) is 1. The Morgan fingerprint density at radius 3 is 3.00 bits per heavy atom. The van der Waals surface area contributed by atoms with Gasteiger partial charge in [0.1, 0.15) is 5.75 Å². The van der Waals surface area contributed by atoms with Crippen LogP contribution in [0.1, 0.15) is 47.8 Å². The van der Waals surface area contributed by atoms with Crippen molar-refractivity contribution in [2.24, 2.45) is 0 Å². The van der Waals surface area contributed by atoms with Crippen LogP contribution in [0.4, 0.5) is 0 Å². The lowest BCUT2D eigenvalue weighted by molar-refractivity contribution is 0.0802. The second-order valence-corrected chi connectivity index (χ2v) is 5.46. The topological polar surface area (TPSA) is 68.5 Å². The van der Waals surface area contributed by atoms with Crippen LogP contribution >= 0.6 is 0 Å². The molecule has 0 unspecified atom stereocenters. The van der Waals surface area contributed by atoms with Gasteiger partial charge >= 0.3 is 0 Å². The van der Waals surface area contributed by atoms with Crippen LogP contribution < -0.4 is 4.74 Å². The zero-order valence-corrected chi connectivity index (χ0v) is 12.8. The van der Waals surface area contributed by atoms with Crippen LogP contribution in [0.25, 0.3) is 0 Å². The summed E-state index contributed by atoms with van der Waals surface area (Å²) in [5.41, 5.74) is 0.605. The number of rotatable bonds is 6. The first kappa shape index (κ1) is 14.6. The molecule has 0 saturated heterocycles. The maximum Gasteiger partial charge on any atom is 0.253 e. The highest BCUT2D eigenvalue weighted by molar-refractivity contribution is 5.94. The molecule has 1 heterocycles. The summed E-state index contributed by atoms with van der Waals surface area (Å²) in [4.78, 5) is 18.1. The lowest BCUT2D eigenvalue weighted by Gasteiger charge is -2.14. The highest BCUT2D eigenvalue weighted by Gasteiger charge is 2.29. The van der Waals surface area contributed by atoms with Crippen LogP contribution in [-0.4, -0.2) is 34.5 Å². The summed E-state index contributed by atoms with van der Waals surface area (Å²) in [5.74, 6) is 2.26. The van der Waals surface area contributed by atoms with Gasteiger partial charge in [-0.25, -0.2) is 0 Å². The first-order valence-corrected chi connectivity index (χ1v) is 7.48. The first-order chi connectivity index (χ1) is 10.7. The van der Waals surface area contributed by atoms with Gasteiger partial charge in [-0.2, -0.15) is 4.98 Å². The molecule has 0 spiro atoms. The second kappa shape index (κ2) is 6.17. The predicted octanol–water partition coefficient (Wildman–Crippen LogP) is 2.62. The first-order valence-electron chi connectivity index (χ1n) is 7.48. The van der Waals surface area contributed by atoms with Crippen molar-refractivity contribution in [2.45, 2.75) is 32.3 Å². The van der Waals surface area contributed by atoms with Gasteiger partial charge < -0.3 is 14.2 Å². The van der Waals surface area contributed by atoms with E-state index in [0.29, 0.717) is 35.5 Å². The zero-order valence-electron chi connectivity index (χ0n) is 12.8. The fourth-order valence-corrected chi connectivity index (χ4v) is 2.05. The molecule has 6 nitrogen and oxygen atoms in total. The Balaban J connectivity index is 1.63. The Kier molecular flexibility index (Phi) is 4.09. The average Bonchev–Trinajstić information content (AvgIpc) is 3.30. The fourth-order valence-electron chi connectivity index (χ4n) is 2.05. The van der Waals surface area contributed by atoms with Gasteiger partial charge in [0.15, 0.2) is 6.61 Å². The zero-order chi connectivity index (χ0) is 15.5. The summed E-state index contributed by atoms with van der Waals surface area (Å²) in [6, 6.07) is 7.12. The molecule has 1 fully saturated rings. The Bertz CT molecular complexity index is 664. The van der Waals surface area contributed by atoms with Crippen molar-refractivity contribution in [1.82, 2.24) is 15.0 Å². The summed E-state index contributed by atoms with van der Waals surface area (Å²) in [6.07, 6.45) is 2.25. The van der Waals surface area contributed by atoms with Crippen LogP contribution in [0.3, 0.4) is 0 Å². The van der Waals surface area contributed by atoms with Crippen LogP contribution in [0.15, 0.2) is 28.8 Å². The van der Waals surface area contributed by atoms with Crippen LogP contribution in [0, 0.1) is 0 Å². The smallest absolute Gasteiger partial charge is 0.253 e. The van der Waals surface area contributed by atoms with Gasteiger partial charge in [0.2, 0.25) is 11.7 Å². The summed E-state index contributed by atoms with van der Waals surface area (Å²) in [6.45, 7) is 2.83.